The number of benzene rings is 1. The largest absolute Gasteiger partial charge is 0.496 e. The average Bonchev–Trinajstić information content (AvgIpc) is 2.67. The van der Waals surface area contributed by atoms with E-state index in [1.807, 2.05) is 31.3 Å². The summed E-state index contributed by atoms with van der Waals surface area (Å²) in [6, 6.07) is 9.66. The number of hydrogen-bond donors (Lipinski definition) is 2. The van der Waals surface area contributed by atoms with E-state index >= 15 is 0 Å². The van der Waals surface area contributed by atoms with Gasteiger partial charge >= 0.3 is 0 Å². The highest BCUT2D eigenvalue weighted by Crippen LogP contribution is 2.19. The molecule has 0 aliphatic heterocycles. The van der Waals surface area contributed by atoms with Crippen LogP contribution in [0.5, 0.6) is 5.75 Å². The number of amides is 1. The summed E-state index contributed by atoms with van der Waals surface area (Å²) in [7, 11) is 3.65. The van der Waals surface area contributed by atoms with Crippen LogP contribution in [0.2, 0.25) is 0 Å². The zero-order chi connectivity index (χ0) is 19.2. The first-order valence-electron chi connectivity index (χ1n) is 9.42. The molecule has 3 rings (SSSR count). The van der Waals surface area contributed by atoms with Crippen LogP contribution in [0.4, 0.5) is 0 Å². The van der Waals surface area contributed by atoms with Crippen molar-refractivity contribution >= 4 is 5.91 Å². The molecule has 2 aromatic rings. The van der Waals surface area contributed by atoms with E-state index in [1.165, 1.54) is 0 Å². The highest BCUT2D eigenvalue weighted by molar-refractivity contribution is 5.94. The Morgan fingerprint density at radius 2 is 2.04 bits per heavy atom. The summed E-state index contributed by atoms with van der Waals surface area (Å²) in [5.74, 6) is 0.546. The lowest BCUT2D eigenvalue weighted by Gasteiger charge is -2.19. The number of aromatic amines is 1. The zero-order valence-electron chi connectivity index (χ0n) is 16.0. The van der Waals surface area contributed by atoms with E-state index in [0.717, 1.165) is 54.8 Å². The van der Waals surface area contributed by atoms with Gasteiger partial charge in [-0.05, 0) is 50.4 Å². The number of aromatic nitrogens is 1. The first-order valence-corrected chi connectivity index (χ1v) is 9.42. The summed E-state index contributed by atoms with van der Waals surface area (Å²) in [4.78, 5) is 29.6. The molecule has 144 valence electrons. The van der Waals surface area contributed by atoms with Gasteiger partial charge in [-0.1, -0.05) is 18.2 Å². The maximum Gasteiger partial charge on any atom is 0.261 e. The summed E-state index contributed by atoms with van der Waals surface area (Å²) in [6.07, 6.45) is 4.01. The standard InChI is InChI=1S/C21H27N3O3/c1-24(14-16-8-4-6-10-19(16)27-2)12-11-22-20(25)17-13-15-7-3-5-9-18(15)23-21(17)26/h4,6,8,10,13H,3,5,7,9,11-12,14H2,1-2H3,(H,22,25)(H,23,26). The van der Waals surface area contributed by atoms with Gasteiger partial charge in [0.05, 0.1) is 7.11 Å². The van der Waals surface area contributed by atoms with Crippen LogP contribution in [0.15, 0.2) is 35.1 Å². The van der Waals surface area contributed by atoms with Gasteiger partial charge in [0, 0.05) is 30.9 Å². The lowest BCUT2D eigenvalue weighted by Crippen LogP contribution is -2.36. The highest BCUT2D eigenvalue weighted by Gasteiger charge is 2.17. The van der Waals surface area contributed by atoms with Gasteiger partial charge in [-0.25, -0.2) is 0 Å². The Kier molecular flexibility index (Phi) is 6.29. The zero-order valence-corrected chi connectivity index (χ0v) is 16.0. The number of H-pyrrole nitrogens is 1. The number of hydrogen-bond acceptors (Lipinski definition) is 4. The van der Waals surface area contributed by atoms with E-state index in [9.17, 15) is 9.59 Å². The second-order valence-electron chi connectivity index (χ2n) is 7.03. The maximum atomic E-state index is 12.4. The monoisotopic (exact) mass is 369 g/mol. The third kappa shape index (κ3) is 4.77. The Morgan fingerprint density at radius 1 is 1.26 bits per heavy atom. The molecule has 1 aromatic heterocycles. The van der Waals surface area contributed by atoms with Crippen LogP contribution < -0.4 is 15.6 Å². The summed E-state index contributed by atoms with van der Waals surface area (Å²) in [5.41, 5.74) is 3.09. The van der Waals surface area contributed by atoms with Gasteiger partial charge in [-0.15, -0.1) is 0 Å². The van der Waals surface area contributed by atoms with Gasteiger partial charge in [0.2, 0.25) is 0 Å². The fraction of sp³-hybridized carbons (Fsp3) is 0.429. The van der Waals surface area contributed by atoms with Crippen LogP contribution in [-0.2, 0) is 19.4 Å². The van der Waals surface area contributed by atoms with Gasteiger partial charge < -0.3 is 19.9 Å². The number of methoxy groups -OCH3 is 1. The lowest BCUT2D eigenvalue weighted by atomic mass is 9.95. The Labute approximate surface area is 159 Å². The van der Waals surface area contributed by atoms with Crippen molar-refractivity contribution in [3.8, 4) is 5.75 Å². The number of likely N-dealkylation sites (N-methyl/N-ethyl adjacent to an activating group) is 1. The predicted octanol–water partition coefficient (Wildman–Crippen LogP) is 2.12. The number of ether oxygens (including phenoxy) is 1. The average molecular weight is 369 g/mol. The molecule has 1 aromatic carbocycles. The smallest absolute Gasteiger partial charge is 0.261 e. The molecular weight excluding hydrogens is 342 g/mol. The predicted molar refractivity (Wildman–Crippen MR) is 105 cm³/mol. The maximum absolute atomic E-state index is 12.4. The van der Waals surface area contributed by atoms with Crippen LogP contribution in [0.3, 0.4) is 0 Å². The first kappa shape index (κ1) is 19.2. The van der Waals surface area contributed by atoms with E-state index in [4.69, 9.17) is 4.74 Å². The van der Waals surface area contributed by atoms with Crippen LogP contribution in [0.1, 0.15) is 40.0 Å². The first-order chi connectivity index (χ1) is 13.1. The van der Waals surface area contributed by atoms with E-state index in [1.54, 1.807) is 13.2 Å². The molecule has 1 amide bonds. The summed E-state index contributed by atoms with van der Waals surface area (Å²) >= 11 is 0. The normalized spacial score (nSPS) is 13.3. The van der Waals surface area contributed by atoms with Crippen molar-refractivity contribution in [2.45, 2.75) is 32.2 Å². The lowest BCUT2D eigenvalue weighted by molar-refractivity contribution is 0.0948. The van der Waals surface area contributed by atoms with E-state index in [-0.39, 0.29) is 17.0 Å². The SMILES string of the molecule is COc1ccccc1CN(C)CCNC(=O)c1cc2c([nH]c1=O)CCCC2. The van der Waals surface area contributed by atoms with Crippen molar-refractivity contribution in [2.24, 2.45) is 0 Å². The molecule has 0 saturated carbocycles. The quantitative estimate of drug-likeness (QED) is 0.784. The molecular formula is C21H27N3O3. The summed E-state index contributed by atoms with van der Waals surface area (Å²) in [6.45, 7) is 1.87. The third-order valence-corrected chi connectivity index (χ3v) is 4.99. The molecule has 0 fully saturated rings. The Bertz CT molecular complexity index is 860. The number of nitrogens with one attached hydrogen (secondary N) is 2. The number of carbonyl (C=O) groups excluding carboxylic acids is 1. The molecule has 1 heterocycles. The third-order valence-electron chi connectivity index (χ3n) is 4.99. The Morgan fingerprint density at radius 3 is 2.85 bits per heavy atom. The molecule has 0 bridgehead atoms. The molecule has 1 aliphatic rings. The number of pyridine rings is 1. The second kappa shape index (κ2) is 8.86. The van der Waals surface area contributed by atoms with E-state index < -0.39 is 0 Å². The number of aryl methyl sites for hydroxylation is 2. The topological polar surface area (TPSA) is 74.4 Å². The van der Waals surface area contributed by atoms with Crippen molar-refractivity contribution in [3.05, 3.63) is 63.1 Å². The Hall–Kier alpha value is -2.60. The van der Waals surface area contributed by atoms with Gasteiger partial charge in [-0.2, -0.15) is 0 Å². The molecule has 1 aliphatic carbocycles. The van der Waals surface area contributed by atoms with E-state index in [0.29, 0.717) is 13.1 Å². The van der Waals surface area contributed by atoms with Crippen LogP contribution in [0, 0.1) is 0 Å². The minimum atomic E-state index is -0.310. The molecule has 0 atom stereocenters. The highest BCUT2D eigenvalue weighted by atomic mass is 16.5. The molecule has 0 unspecified atom stereocenters. The molecule has 6 heteroatoms. The number of rotatable bonds is 7. The number of fused-ring (bicyclic) bond motifs is 1. The summed E-state index contributed by atoms with van der Waals surface area (Å²) < 4.78 is 5.37. The molecule has 2 N–H and O–H groups in total. The molecule has 0 saturated heterocycles. The summed E-state index contributed by atoms with van der Waals surface area (Å²) in [5, 5.41) is 2.86. The second-order valence-corrected chi connectivity index (χ2v) is 7.03. The van der Waals surface area contributed by atoms with Crippen LogP contribution in [-0.4, -0.2) is 43.0 Å². The Balaban J connectivity index is 1.54. The minimum absolute atomic E-state index is 0.211. The minimum Gasteiger partial charge on any atom is -0.496 e. The van der Waals surface area contributed by atoms with Gasteiger partial charge in [0.25, 0.3) is 11.5 Å². The number of nitrogens with zero attached hydrogens (tertiary/aromatic N) is 1. The van der Waals surface area contributed by atoms with Crippen molar-refractivity contribution in [2.75, 3.05) is 27.2 Å². The van der Waals surface area contributed by atoms with Gasteiger partial charge in [0.15, 0.2) is 0 Å². The van der Waals surface area contributed by atoms with Gasteiger partial charge in [0.1, 0.15) is 11.3 Å². The van der Waals surface area contributed by atoms with Crippen LogP contribution >= 0.6 is 0 Å². The molecule has 0 radical (unpaired) electrons. The van der Waals surface area contributed by atoms with Crippen molar-refractivity contribution in [1.29, 1.82) is 0 Å². The van der Waals surface area contributed by atoms with Crippen molar-refractivity contribution in [3.63, 3.8) is 0 Å². The fourth-order valence-electron chi connectivity index (χ4n) is 3.50. The van der Waals surface area contributed by atoms with Gasteiger partial charge in [-0.3, -0.25) is 9.59 Å². The number of carbonyl (C=O) groups is 1. The molecule has 6 nitrogen and oxygen atoms in total. The van der Waals surface area contributed by atoms with Crippen molar-refractivity contribution in [1.82, 2.24) is 15.2 Å². The molecule has 27 heavy (non-hydrogen) atoms. The fourth-order valence-corrected chi connectivity index (χ4v) is 3.50. The van der Waals surface area contributed by atoms with Crippen LogP contribution in [0.25, 0.3) is 0 Å². The van der Waals surface area contributed by atoms with Crippen molar-refractivity contribution < 1.29 is 9.53 Å². The van der Waals surface area contributed by atoms with E-state index in [2.05, 4.69) is 15.2 Å². The molecule has 0 spiro atoms. The number of para-hydroxylation sites is 1.